The van der Waals surface area contributed by atoms with Crippen molar-refractivity contribution in [1.29, 1.82) is 0 Å². The maximum absolute atomic E-state index is 14.2. The number of thiazole rings is 1. The number of carbonyl (C=O) groups is 1. The quantitative estimate of drug-likeness (QED) is 0.473. The SMILES string of the molecule is Cc1ccc(OCc2nc(CC(=O)Nc3cc(-n4nnnc4C)ccc3F)cs2)cc1. The fourth-order valence-electron chi connectivity index (χ4n) is 2.85. The molecule has 4 aromatic rings. The van der Waals surface area contributed by atoms with E-state index in [9.17, 15) is 9.18 Å². The second-order valence-corrected chi connectivity index (χ2v) is 7.80. The lowest BCUT2D eigenvalue weighted by Gasteiger charge is -2.08. The lowest BCUT2D eigenvalue weighted by molar-refractivity contribution is -0.115. The first-order valence-electron chi connectivity index (χ1n) is 9.45. The molecule has 4 rings (SSSR count). The number of ether oxygens (including phenoxy) is 1. The third kappa shape index (κ3) is 5.10. The lowest BCUT2D eigenvalue weighted by atomic mass is 10.2. The zero-order valence-corrected chi connectivity index (χ0v) is 17.7. The van der Waals surface area contributed by atoms with Gasteiger partial charge in [-0.1, -0.05) is 17.7 Å². The maximum Gasteiger partial charge on any atom is 0.230 e. The summed E-state index contributed by atoms with van der Waals surface area (Å²) in [6.07, 6.45) is 0.0224. The molecule has 2 heterocycles. The van der Waals surface area contributed by atoms with Gasteiger partial charge in [-0.05, 0) is 54.6 Å². The number of halogens is 1. The normalized spacial score (nSPS) is 10.8. The van der Waals surface area contributed by atoms with Crippen molar-refractivity contribution in [2.45, 2.75) is 26.9 Å². The van der Waals surface area contributed by atoms with Gasteiger partial charge >= 0.3 is 0 Å². The molecule has 0 aliphatic rings. The Kier molecular flexibility index (Phi) is 5.99. The average molecular weight is 438 g/mol. The Morgan fingerprint density at radius 3 is 2.74 bits per heavy atom. The van der Waals surface area contributed by atoms with Gasteiger partial charge < -0.3 is 10.1 Å². The highest BCUT2D eigenvalue weighted by Crippen LogP contribution is 2.20. The summed E-state index contributed by atoms with van der Waals surface area (Å²) in [5, 5.41) is 16.4. The predicted octanol–water partition coefficient (Wildman–Crippen LogP) is 3.63. The molecule has 2 aromatic heterocycles. The van der Waals surface area contributed by atoms with Crippen molar-refractivity contribution in [2.24, 2.45) is 0 Å². The molecule has 0 spiro atoms. The van der Waals surface area contributed by atoms with Crippen molar-refractivity contribution in [2.75, 3.05) is 5.32 Å². The minimum atomic E-state index is -0.548. The van der Waals surface area contributed by atoms with Gasteiger partial charge in [-0.2, -0.15) is 4.68 Å². The van der Waals surface area contributed by atoms with Crippen LogP contribution in [0.4, 0.5) is 10.1 Å². The van der Waals surface area contributed by atoms with Crippen LogP contribution < -0.4 is 10.1 Å². The topological polar surface area (TPSA) is 94.8 Å². The van der Waals surface area contributed by atoms with E-state index in [4.69, 9.17) is 4.74 Å². The number of nitrogens with one attached hydrogen (secondary N) is 1. The summed E-state index contributed by atoms with van der Waals surface area (Å²) in [7, 11) is 0. The zero-order valence-electron chi connectivity index (χ0n) is 16.9. The van der Waals surface area contributed by atoms with Crippen LogP contribution >= 0.6 is 11.3 Å². The number of rotatable bonds is 7. The number of nitrogens with zero attached hydrogens (tertiary/aromatic N) is 5. The number of hydrogen-bond acceptors (Lipinski definition) is 7. The van der Waals surface area contributed by atoms with E-state index >= 15 is 0 Å². The highest BCUT2D eigenvalue weighted by Gasteiger charge is 2.13. The van der Waals surface area contributed by atoms with Gasteiger partial charge in [0, 0.05) is 5.38 Å². The molecule has 0 atom stereocenters. The van der Waals surface area contributed by atoms with Gasteiger partial charge in [0.1, 0.15) is 23.2 Å². The molecule has 8 nitrogen and oxygen atoms in total. The number of tetrazole rings is 1. The van der Waals surface area contributed by atoms with Crippen molar-refractivity contribution in [1.82, 2.24) is 25.2 Å². The second kappa shape index (κ2) is 9.00. The third-order valence-corrected chi connectivity index (χ3v) is 5.29. The van der Waals surface area contributed by atoms with E-state index in [1.807, 2.05) is 31.2 Å². The maximum atomic E-state index is 14.2. The molecule has 10 heteroatoms. The Balaban J connectivity index is 1.37. The summed E-state index contributed by atoms with van der Waals surface area (Å²) in [4.78, 5) is 16.9. The Morgan fingerprint density at radius 1 is 1.19 bits per heavy atom. The largest absolute Gasteiger partial charge is 0.486 e. The van der Waals surface area contributed by atoms with Gasteiger partial charge in [0.15, 0.2) is 5.82 Å². The van der Waals surface area contributed by atoms with Crippen molar-refractivity contribution in [3.05, 3.63) is 75.8 Å². The van der Waals surface area contributed by atoms with Crippen molar-refractivity contribution < 1.29 is 13.9 Å². The molecule has 0 saturated carbocycles. The molecular weight excluding hydrogens is 419 g/mol. The summed E-state index contributed by atoms with van der Waals surface area (Å²) < 4.78 is 21.4. The van der Waals surface area contributed by atoms with Gasteiger partial charge in [-0.3, -0.25) is 4.79 Å². The van der Waals surface area contributed by atoms with Crippen LogP contribution in [0, 0.1) is 19.7 Å². The number of aromatic nitrogens is 5. The van der Waals surface area contributed by atoms with Crippen LogP contribution in [0.25, 0.3) is 5.69 Å². The van der Waals surface area contributed by atoms with E-state index in [-0.39, 0.29) is 18.0 Å². The summed E-state index contributed by atoms with van der Waals surface area (Å²) in [6.45, 7) is 4.05. The molecule has 1 amide bonds. The Hall–Kier alpha value is -3.66. The van der Waals surface area contributed by atoms with E-state index in [0.717, 1.165) is 16.3 Å². The number of anilines is 1. The van der Waals surface area contributed by atoms with Crippen LogP contribution in [0.2, 0.25) is 0 Å². The molecule has 0 radical (unpaired) electrons. The first kappa shape index (κ1) is 20.6. The zero-order chi connectivity index (χ0) is 21.8. The van der Waals surface area contributed by atoms with Crippen molar-refractivity contribution in [3.63, 3.8) is 0 Å². The van der Waals surface area contributed by atoms with Gasteiger partial charge in [0.05, 0.1) is 23.5 Å². The fourth-order valence-corrected chi connectivity index (χ4v) is 3.55. The molecule has 1 N–H and O–H groups in total. The molecular formula is C21H19FN6O2S. The number of benzene rings is 2. The van der Waals surface area contributed by atoms with Crippen LogP contribution in [-0.2, 0) is 17.8 Å². The van der Waals surface area contributed by atoms with Gasteiger partial charge in [0.2, 0.25) is 5.91 Å². The number of hydrogen-bond donors (Lipinski definition) is 1. The minimum Gasteiger partial charge on any atom is -0.486 e. The lowest BCUT2D eigenvalue weighted by Crippen LogP contribution is -2.16. The molecule has 158 valence electrons. The predicted molar refractivity (Wildman–Crippen MR) is 114 cm³/mol. The molecule has 0 aliphatic heterocycles. The highest BCUT2D eigenvalue weighted by molar-refractivity contribution is 7.09. The number of carbonyl (C=O) groups excluding carboxylic acids is 1. The van der Waals surface area contributed by atoms with Crippen LogP contribution in [0.5, 0.6) is 5.75 Å². The number of amides is 1. The summed E-state index contributed by atoms with van der Waals surface area (Å²) in [5.41, 5.74) is 2.35. The molecule has 2 aromatic carbocycles. The van der Waals surface area contributed by atoms with E-state index in [1.54, 1.807) is 12.3 Å². The number of aryl methyl sites for hydroxylation is 2. The van der Waals surface area contributed by atoms with E-state index < -0.39 is 5.82 Å². The standard InChI is InChI=1S/C21H19FN6O2S/c1-13-3-6-17(7-4-13)30-11-21-23-15(12-31-21)9-20(29)24-19-10-16(5-8-18(19)22)28-14(2)25-26-27-28/h3-8,10,12H,9,11H2,1-2H3,(H,24,29). The Bertz CT molecular complexity index is 1200. The third-order valence-electron chi connectivity index (χ3n) is 4.42. The second-order valence-electron chi connectivity index (χ2n) is 6.86. The first-order chi connectivity index (χ1) is 15.0. The molecule has 0 aliphatic carbocycles. The Morgan fingerprint density at radius 2 is 2.00 bits per heavy atom. The smallest absolute Gasteiger partial charge is 0.230 e. The highest BCUT2D eigenvalue weighted by atomic mass is 32.1. The summed E-state index contributed by atoms with van der Waals surface area (Å²) >= 11 is 1.41. The van der Waals surface area contributed by atoms with Crippen LogP contribution in [0.3, 0.4) is 0 Å². The van der Waals surface area contributed by atoms with E-state index in [2.05, 4.69) is 25.8 Å². The first-order valence-corrected chi connectivity index (χ1v) is 10.3. The minimum absolute atomic E-state index is 0.0224. The van der Waals surface area contributed by atoms with Crippen LogP contribution in [-0.4, -0.2) is 31.1 Å². The summed E-state index contributed by atoms with van der Waals surface area (Å²) in [5.74, 6) is 0.383. The monoisotopic (exact) mass is 438 g/mol. The fraction of sp³-hybridized carbons (Fsp3) is 0.190. The van der Waals surface area contributed by atoms with Gasteiger partial charge in [-0.15, -0.1) is 16.4 Å². The molecule has 0 fully saturated rings. The van der Waals surface area contributed by atoms with E-state index in [0.29, 0.717) is 23.8 Å². The summed E-state index contributed by atoms with van der Waals surface area (Å²) in [6, 6.07) is 12.0. The van der Waals surface area contributed by atoms with Crippen LogP contribution in [0.1, 0.15) is 22.1 Å². The van der Waals surface area contributed by atoms with Crippen molar-refractivity contribution >= 4 is 22.9 Å². The molecule has 0 bridgehead atoms. The average Bonchev–Trinajstić information content (AvgIpc) is 3.38. The van der Waals surface area contributed by atoms with Gasteiger partial charge in [0.25, 0.3) is 0 Å². The van der Waals surface area contributed by atoms with Gasteiger partial charge in [-0.25, -0.2) is 9.37 Å². The molecule has 0 unspecified atom stereocenters. The van der Waals surface area contributed by atoms with Crippen LogP contribution in [0.15, 0.2) is 47.8 Å². The van der Waals surface area contributed by atoms with E-state index in [1.165, 1.54) is 34.2 Å². The molecule has 31 heavy (non-hydrogen) atoms. The van der Waals surface area contributed by atoms with Crippen molar-refractivity contribution in [3.8, 4) is 11.4 Å². The Labute approximate surface area is 181 Å². The molecule has 0 saturated heterocycles.